The fourth-order valence-electron chi connectivity index (χ4n) is 2.75. The van der Waals surface area contributed by atoms with Crippen LogP contribution >= 0.6 is 0 Å². The normalized spacial score (nSPS) is 19.5. The van der Waals surface area contributed by atoms with E-state index in [0.29, 0.717) is 13.1 Å². The highest BCUT2D eigenvalue weighted by Gasteiger charge is 2.29. The van der Waals surface area contributed by atoms with Crippen LogP contribution in [0.3, 0.4) is 0 Å². The fraction of sp³-hybridized carbons (Fsp3) is 0.571. The lowest BCUT2D eigenvalue weighted by Gasteiger charge is -2.37. The second-order valence-corrected chi connectivity index (χ2v) is 4.96. The minimum Gasteiger partial charge on any atom is -0.357 e. The average molecular weight is 262 g/mol. The summed E-state index contributed by atoms with van der Waals surface area (Å²) >= 11 is 0. The van der Waals surface area contributed by atoms with Crippen molar-refractivity contribution in [2.24, 2.45) is 5.73 Å². The molecule has 19 heavy (non-hydrogen) atoms. The van der Waals surface area contributed by atoms with Gasteiger partial charge in [0.05, 0.1) is 0 Å². The number of aryl methyl sites for hydroxylation is 2. The summed E-state index contributed by atoms with van der Waals surface area (Å²) in [6.45, 7) is 7.93. The molecule has 1 aliphatic rings. The molecule has 0 radical (unpaired) electrons. The number of amides is 1. The van der Waals surface area contributed by atoms with Crippen LogP contribution in [0.25, 0.3) is 0 Å². The zero-order chi connectivity index (χ0) is 14.0. The second-order valence-electron chi connectivity index (χ2n) is 4.96. The first-order chi connectivity index (χ1) is 9.08. The molecule has 104 valence electrons. The van der Waals surface area contributed by atoms with Crippen LogP contribution in [0.15, 0.2) is 6.07 Å². The molecule has 0 saturated carbocycles. The number of carbonyl (C=O) groups excluding carboxylic acids is 1. The first-order valence-corrected chi connectivity index (χ1v) is 6.80. The van der Waals surface area contributed by atoms with E-state index in [9.17, 15) is 4.79 Å². The van der Waals surface area contributed by atoms with Gasteiger partial charge in [0.25, 0.3) is 0 Å². The number of piperazine rings is 1. The van der Waals surface area contributed by atoms with Gasteiger partial charge in [0.15, 0.2) is 0 Å². The lowest BCUT2D eigenvalue weighted by molar-refractivity contribution is -0.123. The maximum Gasteiger partial charge on any atom is 0.242 e. The highest BCUT2D eigenvalue weighted by Crippen LogP contribution is 2.27. The van der Waals surface area contributed by atoms with Gasteiger partial charge in [-0.15, -0.1) is 0 Å². The first kappa shape index (κ1) is 13.8. The summed E-state index contributed by atoms with van der Waals surface area (Å²) < 4.78 is 0. The topological polar surface area (TPSA) is 71.2 Å². The lowest BCUT2D eigenvalue weighted by Crippen LogP contribution is -2.55. The zero-order valence-corrected chi connectivity index (χ0v) is 11.9. The third kappa shape index (κ3) is 2.56. The lowest BCUT2D eigenvalue weighted by atomic mass is 10.0. The molecular formula is C14H22N4O. The van der Waals surface area contributed by atoms with E-state index in [2.05, 4.69) is 15.2 Å². The number of nitrogens with zero attached hydrogens (tertiary/aromatic N) is 2. The van der Waals surface area contributed by atoms with Crippen molar-refractivity contribution in [3.63, 3.8) is 0 Å². The Balaban J connectivity index is 2.47. The monoisotopic (exact) mass is 262 g/mol. The summed E-state index contributed by atoms with van der Waals surface area (Å²) in [6, 6.07) is 1.93. The smallest absolute Gasteiger partial charge is 0.242 e. The molecule has 2 heterocycles. The van der Waals surface area contributed by atoms with Crippen molar-refractivity contribution in [3.05, 3.63) is 23.0 Å². The van der Waals surface area contributed by atoms with Crippen molar-refractivity contribution in [3.8, 4) is 0 Å². The van der Waals surface area contributed by atoms with Crippen molar-refractivity contribution in [1.29, 1.82) is 0 Å². The summed E-state index contributed by atoms with van der Waals surface area (Å²) in [7, 11) is 0. The van der Waals surface area contributed by atoms with Crippen molar-refractivity contribution in [2.75, 3.05) is 18.0 Å². The quantitative estimate of drug-likeness (QED) is 0.848. The molecule has 0 spiro atoms. The van der Waals surface area contributed by atoms with Gasteiger partial charge in [-0.05, 0) is 26.3 Å². The molecule has 0 aromatic carbocycles. The maximum absolute atomic E-state index is 12.0. The number of pyridine rings is 1. The van der Waals surface area contributed by atoms with E-state index in [4.69, 9.17) is 5.73 Å². The molecule has 1 unspecified atom stereocenters. The van der Waals surface area contributed by atoms with E-state index in [1.54, 1.807) is 0 Å². The van der Waals surface area contributed by atoms with E-state index in [-0.39, 0.29) is 11.9 Å². The number of nitrogens with two attached hydrogens (primary N) is 1. The van der Waals surface area contributed by atoms with Gasteiger partial charge < -0.3 is 16.0 Å². The van der Waals surface area contributed by atoms with Gasteiger partial charge in [-0.3, -0.25) is 9.78 Å². The van der Waals surface area contributed by atoms with Gasteiger partial charge in [0.2, 0.25) is 5.91 Å². The number of carbonyl (C=O) groups is 1. The van der Waals surface area contributed by atoms with Gasteiger partial charge >= 0.3 is 0 Å². The fourth-order valence-corrected chi connectivity index (χ4v) is 2.75. The Hall–Kier alpha value is -1.62. The Kier molecular flexibility index (Phi) is 4.04. The molecule has 1 aromatic rings. The molecule has 5 nitrogen and oxygen atoms in total. The Morgan fingerprint density at radius 2 is 2.26 bits per heavy atom. The number of nitrogens with one attached hydrogen (secondary N) is 1. The van der Waals surface area contributed by atoms with Crippen molar-refractivity contribution in [2.45, 2.75) is 39.8 Å². The van der Waals surface area contributed by atoms with Gasteiger partial charge in [0, 0.05) is 42.3 Å². The summed E-state index contributed by atoms with van der Waals surface area (Å²) in [6.07, 6.45) is 0.788. The van der Waals surface area contributed by atoms with Crippen LogP contribution in [0.5, 0.6) is 0 Å². The summed E-state index contributed by atoms with van der Waals surface area (Å²) in [4.78, 5) is 18.6. The van der Waals surface area contributed by atoms with Crippen LogP contribution < -0.4 is 16.0 Å². The molecular weight excluding hydrogens is 240 g/mol. The molecule has 1 fully saturated rings. The first-order valence-electron chi connectivity index (χ1n) is 6.80. The SMILES string of the molecule is CCC1C(=O)NCCN1c1cc(C)nc(C)c1CN. The van der Waals surface area contributed by atoms with Gasteiger partial charge in [0.1, 0.15) is 6.04 Å². The maximum atomic E-state index is 12.0. The largest absolute Gasteiger partial charge is 0.357 e. The van der Waals surface area contributed by atoms with E-state index >= 15 is 0 Å². The van der Waals surface area contributed by atoms with Crippen LogP contribution in [0.1, 0.15) is 30.3 Å². The number of hydrogen-bond acceptors (Lipinski definition) is 4. The third-order valence-electron chi connectivity index (χ3n) is 3.67. The summed E-state index contributed by atoms with van der Waals surface area (Å²) in [5, 5.41) is 2.92. The predicted molar refractivity (Wildman–Crippen MR) is 76.0 cm³/mol. The minimum atomic E-state index is -0.111. The molecule has 0 bridgehead atoms. The predicted octanol–water partition coefficient (Wildman–Crippen LogP) is 0.872. The van der Waals surface area contributed by atoms with E-state index < -0.39 is 0 Å². The van der Waals surface area contributed by atoms with Gasteiger partial charge in [-0.1, -0.05) is 6.92 Å². The second kappa shape index (κ2) is 5.57. The van der Waals surface area contributed by atoms with E-state index in [1.165, 1.54) is 0 Å². The van der Waals surface area contributed by atoms with Gasteiger partial charge in [-0.2, -0.15) is 0 Å². The summed E-state index contributed by atoms with van der Waals surface area (Å²) in [5.41, 5.74) is 9.89. The van der Waals surface area contributed by atoms with Crippen molar-refractivity contribution < 1.29 is 4.79 Å². The number of hydrogen-bond donors (Lipinski definition) is 2. The third-order valence-corrected chi connectivity index (χ3v) is 3.67. The average Bonchev–Trinajstić information content (AvgIpc) is 2.37. The molecule has 5 heteroatoms. The molecule has 3 N–H and O–H groups in total. The Labute approximate surface area is 114 Å². The molecule has 0 aliphatic carbocycles. The summed E-state index contributed by atoms with van der Waals surface area (Å²) in [5.74, 6) is 0.101. The Bertz CT molecular complexity index is 487. The van der Waals surface area contributed by atoms with Crippen molar-refractivity contribution >= 4 is 11.6 Å². The van der Waals surface area contributed by atoms with Crippen LogP contribution in [-0.4, -0.2) is 30.0 Å². The Morgan fingerprint density at radius 3 is 2.89 bits per heavy atom. The minimum absolute atomic E-state index is 0.101. The van der Waals surface area contributed by atoms with E-state index in [0.717, 1.165) is 35.6 Å². The molecule has 1 aliphatic heterocycles. The highest BCUT2D eigenvalue weighted by atomic mass is 16.2. The van der Waals surface area contributed by atoms with Crippen LogP contribution in [-0.2, 0) is 11.3 Å². The highest BCUT2D eigenvalue weighted by molar-refractivity contribution is 5.86. The van der Waals surface area contributed by atoms with Crippen LogP contribution in [0.2, 0.25) is 0 Å². The van der Waals surface area contributed by atoms with Gasteiger partial charge in [-0.25, -0.2) is 0 Å². The molecule has 2 rings (SSSR count). The molecule has 1 atom stereocenters. The van der Waals surface area contributed by atoms with E-state index in [1.807, 2.05) is 26.8 Å². The zero-order valence-electron chi connectivity index (χ0n) is 11.9. The number of anilines is 1. The van der Waals surface area contributed by atoms with Crippen LogP contribution in [0.4, 0.5) is 5.69 Å². The molecule has 1 aromatic heterocycles. The molecule has 1 saturated heterocycles. The standard InChI is InChI=1S/C14H22N4O/c1-4-12-14(19)16-5-6-18(12)13-7-9(2)17-10(3)11(13)8-15/h7,12H,4-6,8,15H2,1-3H3,(H,16,19). The Morgan fingerprint density at radius 1 is 1.53 bits per heavy atom. The van der Waals surface area contributed by atoms with Crippen molar-refractivity contribution in [1.82, 2.24) is 10.3 Å². The number of aromatic nitrogens is 1. The van der Waals surface area contributed by atoms with Crippen LogP contribution in [0, 0.1) is 13.8 Å². The molecule has 1 amide bonds. The number of rotatable bonds is 3.